The van der Waals surface area contributed by atoms with Gasteiger partial charge < -0.3 is 24.2 Å². The largest absolute Gasteiger partial charge is 0.472 e. The van der Waals surface area contributed by atoms with Crippen LogP contribution in [0.25, 0.3) is 0 Å². The van der Waals surface area contributed by atoms with Gasteiger partial charge in [0.25, 0.3) is 0 Å². The molecule has 0 heterocycles. The first-order valence-electron chi connectivity index (χ1n) is 28.1. The molecule has 0 aliphatic heterocycles. The van der Waals surface area contributed by atoms with Gasteiger partial charge in [0.15, 0.2) is 6.10 Å². The van der Waals surface area contributed by atoms with Gasteiger partial charge in [0.1, 0.15) is 12.7 Å². The van der Waals surface area contributed by atoms with Gasteiger partial charge in [-0.05, 0) is 109 Å². The minimum absolute atomic E-state index is 0.0751. The zero-order valence-corrected chi connectivity index (χ0v) is 46.9. The number of hydrogen-bond donors (Lipinski definition) is 2. The van der Waals surface area contributed by atoms with Gasteiger partial charge in [-0.3, -0.25) is 23.4 Å². The van der Waals surface area contributed by atoms with E-state index in [-0.39, 0.29) is 25.9 Å². The SMILES string of the molecule is CC/C=C\C/C=C\C/C=C\C/C=C\C/C=C\CC(=O)OC(COC(=O)CCCCCCCCC/C=C\C/C=C\C/C=C\CC)COP(=O)(O)OCC(CO)OC(=O)CCCCCCC/C=C\C/C=C\C/C=C\CC. The van der Waals surface area contributed by atoms with Crippen LogP contribution >= 0.6 is 7.82 Å². The lowest BCUT2D eigenvalue weighted by Gasteiger charge is -2.21. The van der Waals surface area contributed by atoms with E-state index in [1.54, 1.807) is 6.08 Å². The Kier molecular flexibility index (Phi) is 51.6. The van der Waals surface area contributed by atoms with E-state index in [4.69, 9.17) is 23.3 Å². The standard InChI is InChI=1S/C62H99O11P/c1-4-7-10-13-16-19-22-25-28-29-32-33-36-39-42-45-48-51-60(64)69-55-59(73-62(66)53-50-47-44-41-38-35-31-27-24-21-18-15-12-9-6-3)57-71-74(67,68)70-56-58(54-63)72-61(65)52-49-46-43-40-37-34-30-26-23-20-17-14-11-8-5-2/h7-12,16-21,25-28,30-31,38,41,47,50,58-59,63H,4-6,13-15,22-24,29,32-37,39-40,42-46,48-49,51-57H2,1-3H3,(H,67,68)/b10-7-,11-8-,12-9-,19-16-,20-17-,21-18-,28-25-,30-26-,31-27-,41-38-,50-47-. The molecule has 0 saturated heterocycles. The van der Waals surface area contributed by atoms with Gasteiger partial charge in [0.2, 0.25) is 0 Å². The van der Waals surface area contributed by atoms with Crippen molar-refractivity contribution in [3.05, 3.63) is 134 Å². The molecule has 0 saturated carbocycles. The summed E-state index contributed by atoms with van der Waals surface area (Å²) < 4.78 is 39.3. The van der Waals surface area contributed by atoms with E-state index < -0.39 is 57.8 Å². The highest BCUT2D eigenvalue weighted by Crippen LogP contribution is 2.43. The molecule has 0 bridgehead atoms. The van der Waals surface area contributed by atoms with Crippen molar-refractivity contribution in [1.29, 1.82) is 0 Å². The molecule has 0 fully saturated rings. The molecule has 0 aliphatic rings. The van der Waals surface area contributed by atoms with Crippen LogP contribution < -0.4 is 0 Å². The van der Waals surface area contributed by atoms with Crippen LogP contribution in [-0.2, 0) is 42.2 Å². The molecule has 74 heavy (non-hydrogen) atoms. The normalized spacial score (nSPS) is 14.4. The average Bonchev–Trinajstić information content (AvgIpc) is 3.39. The maximum Gasteiger partial charge on any atom is 0.472 e. The number of esters is 3. The number of aliphatic hydroxyl groups is 1. The summed E-state index contributed by atoms with van der Waals surface area (Å²) in [5.41, 5.74) is 0. The summed E-state index contributed by atoms with van der Waals surface area (Å²) >= 11 is 0. The van der Waals surface area contributed by atoms with E-state index in [2.05, 4.69) is 130 Å². The zero-order chi connectivity index (χ0) is 54.1. The molecule has 11 nitrogen and oxygen atoms in total. The van der Waals surface area contributed by atoms with Crippen molar-refractivity contribution in [2.75, 3.05) is 26.4 Å². The summed E-state index contributed by atoms with van der Waals surface area (Å²) in [6.07, 6.45) is 68.7. The van der Waals surface area contributed by atoms with Gasteiger partial charge in [-0.25, -0.2) is 4.57 Å². The number of unbranched alkanes of at least 4 members (excludes halogenated alkanes) is 12. The number of hydrogen-bond acceptors (Lipinski definition) is 10. The van der Waals surface area contributed by atoms with E-state index in [1.165, 1.54) is 6.42 Å². The smallest absolute Gasteiger partial charge is 0.462 e. The van der Waals surface area contributed by atoms with E-state index in [0.29, 0.717) is 19.3 Å². The summed E-state index contributed by atoms with van der Waals surface area (Å²) in [6.45, 7) is 4.14. The van der Waals surface area contributed by atoms with E-state index in [1.807, 2.05) is 18.2 Å². The Labute approximate surface area is 449 Å². The lowest BCUT2D eigenvalue weighted by atomic mass is 10.1. The summed E-state index contributed by atoms with van der Waals surface area (Å²) in [5, 5.41) is 9.81. The molecular weight excluding hydrogens is 952 g/mol. The molecule has 2 N–H and O–H groups in total. The van der Waals surface area contributed by atoms with Crippen molar-refractivity contribution >= 4 is 25.7 Å². The second-order valence-electron chi connectivity index (χ2n) is 18.0. The number of phosphoric acid groups is 1. The van der Waals surface area contributed by atoms with Gasteiger partial charge in [0.05, 0.1) is 26.2 Å². The third-order valence-electron chi connectivity index (χ3n) is 11.1. The Balaban J connectivity index is 4.87. The molecule has 0 aromatic carbocycles. The Morgan fingerprint density at radius 3 is 1.12 bits per heavy atom. The highest BCUT2D eigenvalue weighted by Gasteiger charge is 2.28. The van der Waals surface area contributed by atoms with Crippen LogP contribution in [0.5, 0.6) is 0 Å². The lowest BCUT2D eigenvalue weighted by Crippen LogP contribution is -2.30. The van der Waals surface area contributed by atoms with Crippen LogP contribution in [0.15, 0.2) is 134 Å². The Morgan fingerprint density at radius 2 is 0.716 bits per heavy atom. The monoisotopic (exact) mass is 1050 g/mol. The van der Waals surface area contributed by atoms with Gasteiger partial charge in [0, 0.05) is 12.8 Å². The zero-order valence-electron chi connectivity index (χ0n) is 46.0. The van der Waals surface area contributed by atoms with Gasteiger partial charge >= 0.3 is 25.7 Å². The second kappa shape index (κ2) is 54.9. The maximum atomic E-state index is 12.9. The Hall–Kier alpha value is -4.38. The number of carbonyl (C=O) groups is 3. The predicted octanol–water partition coefficient (Wildman–Crippen LogP) is 16.6. The predicted molar refractivity (Wildman–Crippen MR) is 306 cm³/mol. The molecule has 0 radical (unpaired) electrons. The van der Waals surface area contributed by atoms with Gasteiger partial charge in [-0.15, -0.1) is 0 Å². The maximum absolute atomic E-state index is 12.9. The molecule has 3 atom stereocenters. The summed E-state index contributed by atoms with van der Waals surface area (Å²) in [6, 6.07) is 0. The van der Waals surface area contributed by atoms with E-state index in [9.17, 15) is 28.9 Å². The van der Waals surface area contributed by atoms with Crippen LogP contribution in [0.1, 0.15) is 201 Å². The third kappa shape index (κ3) is 52.5. The van der Waals surface area contributed by atoms with Crippen molar-refractivity contribution in [2.45, 2.75) is 213 Å². The van der Waals surface area contributed by atoms with Crippen molar-refractivity contribution in [2.24, 2.45) is 0 Å². The minimum atomic E-state index is -4.79. The quantitative estimate of drug-likeness (QED) is 0.0197. The fraction of sp³-hybridized carbons (Fsp3) is 0.597. The van der Waals surface area contributed by atoms with Crippen molar-refractivity contribution in [3.8, 4) is 0 Å². The fourth-order valence-corrected chi connectivity index (χ4v) is 7.71. The number of carbonyl (C=O) groups excluding carboxylic acids is 3. The van der Waals surface area contributed by atoms with Crippen LogP contribution in [-0.4, -0.2) is 66.5 Å². The third-order valence-corrected chi connectivity index (χ3v) is 12.0. The van der Waals surface area contributed by atoms with Crippen LogP contribution in [0, 0.1) is 0 Å². The van der Waals surface area contributed by atoms with Crippen LogP contribution in [0.2, 0.25) is 0 Å². The Morgan fingerprint density at radius 1 is 0.392 bits per heavy atom. The fourth-order valence-electron chi connectivity index (χ4n) is 6.93. The summed E-state index contributed by atoms with van der Waals surface area (Å²) in [5.74, 6) is -1.66. The molecular formula is C62H99O11P. The van der Waals surface area contributed by atoms with Crippen molar-refractivity contribution in [1.82, 2.24) is 0 Å². The number of rotatable bonds is 50. The molecule has 0 amide bonds. The number of aliphatic hydroxyl groups excluding tert-OH is 1. The summed E-state index contributed by atoms with van der Waals surface area (Å²) in [7, 11) is -4.79. The summed E-state index contributed by atoms with van der Waals surface area (Å²) in [4.78, 5) is 48.4. The number of phosphoric ester groups is 1. The van der Waals surface area contributed by atoms with E-state index in [0.717, 1.165) is 135 Å². The van der Waals surface area contributed by atoms with Gasteiger partial charge in [-0.1, -0.05) is 206 Å². The van der Waals surface area contributed by atoms with E-state index >= 15 is 0 Å². The lowest BCUT2D eigenvalue weighted by molar-refractivity contribution is -0.160. The van der Waals surface area contributed by atoms with Crippen LogP contribution in [0.4, 0.5) is 0 Å². The molecule has 0 rings (SSSR count). The molecule has 0 spiro atoms. The number of allylic oxidation sites excluding steroid dienone is 21. The number of ether oxygens (including phenoxy) is 3. The topological polar surface area (TPSA) is 155 Å². The molecule has 0 aliphatic carbocycles. The van der Waals surface area contributed by atoms with Gasteiger partial charge in [-0.2, -0.15) is 0 Å². The molecule has 12 heteroatoms. The highest BCUT2D eigenvalue weighted by atomic mass is 31.2. The first-order valence-corrected chi connectivity index (χ1v) is 29.6. The second-order valence-corrected chi connectivity index (χ2v) is 19.4. The Bertz CT molecular complexity index is 1750. The molecule has 3 unspecified atom stereocenters. The first-order chi connectivity index (χ1) is 36.2. The van der Waals surface area contributed by atoms with Crippen molar-refractivity contribution in [3.63, 3.8) is 0 Å². The molecule has 418 valence electrons. The van der Waals surface area contributed by atoms with Crippen molar-refractivity contribution < 1.29 is 52.2 Å². The molecule has 0 aromatic rings. The molecule has 0 aromatic heterocycles. The van der Waals surface area contributed by atoms with Crippen LogP contribution in [0.3, 0.4) is 0 Å². The average molecular weight is 1050 g/mol. The highest BCUT2D eigenvalue weighted by molar-refractivity contribution is 7.47. The first kappa shape index (κ1) is 69.6. The minimum Gasteiger partial charge on any atom is -0.462 e.